The quantitative estimate of drug-likeness (QED) is 0.829. The molecule has 1 atom stereocenters. The smallest absolute Gasteiger partial charge is 0.323 e. The highest BCUT2D eigenvalue weighted by Gasteiger charge is 2.24. The number of halogens is 1. The number of amides is 1. The van der Waals surface area contributed by atoms with Crippen LogP contribution in [0.4, 0.5) is 0 Å². The SMILES string of the molecule is CCC(Cc1ccccc1Br)C(=O)N(CC)CC(=O)O. The highest BCUT2D eigenvalue weighted by Crippen LogP contribution is 2.22. The third-order valence-electron chi connectivity index (χ3n) is 3.29. The molecule has 1 aromatic rings. The molecular formula is C15H20BrNO3. The average molecular weight is 342 g/mol. The Morgan fingerprint density at radius 3 is 2.45 bits per heavy atom. The molecule has 1 N–H and O–H groups in total. The minimum Gasteiger partial charge on any atom is -0.480 e. The van der Waals surface area contributed by atoms with Gasteiger partial charge >= 0.3 is 5.97 Å². The fourth-order valence-electron chi connectivity index (χ4n) is 2.10. The second-order valence-electron chi connectivity index (χ2n) is 4.65. The lowest BCUT2D eigenvalue weighted by atomic mass is 9.95. The Kier molecular flexibility index (Phi) is 6.71. The third-order valence-corrected chi connectivity index (χ3v) is 4.06. The first-order valence-corrected chi connectivity index (χ1v) is 7.52. The zero-order chi connectivity index (χ0) is 15.1. The molecule has 0 bridgehead atoms. The van der Waals surface area contributed by atoms with Crippen LogP contribution < -0.4 is 0 Å². The normalized spacial score (nSPS) is 11.9. The molecule has 0 saturated heterocycles. The van der Waals surface area contributed by atoms with Gasteiger partial charge in [-0.2, -0.15) is 0 Å². The van der Waals surface area contributed by atoms with Gasteiger partial charge in [-0.1, -0.05) is 41.1 Å². The summed E-state index contributed by atoms with van der Waals surface area (Å²) in [6, 6.07) is 7.79. The van der Waals surface area contributed by atoms with Gasteiger partial charge in [-0.25, -0.2) is 0 Å². The Bertz CT molecular complexity index is 476. The summed E-state index contributed by atoms with van der Waals surface area (Å²) in [7, 11) is 0. The van der Waals surface area contributed by atoms with Gasteiger partial charge in [-0.05, 0) is 31.4 Å². The molecule has 4 nitrogen and oxygen atoms in total. The summed E-state index contributed by atoms with van der Waals surface area (Å²) in [4.78, 5) is 24.6. The molecule has 20 heavy (non-hydrogen) atoms. The Morgan fingerprint density at radius 2 is 1.95 bits per heavy atom. The number of rotatable bonds is 7. The number of carboxylic acid groups (broad SMARTS) is 1. The van der Waals surface area contributed by atoms with Crippen LogP contribution in [0.15, 0.2) is 28.7 Å². The summed E-state index contributed by atoms with van der Waals surface area (Å²) in [5, 5.41) is 8.85. The molecule has 0 aromatic heterocycles. The molecule has 0 radical (unpaired) electrons. The monoisotopic (exact) mass is 341 g/mol. The maximum Gasteiger partial charge on any atom is 0.323 e. The molecule has 0 heterocycles. The van der Waals surface area contributed by atoms with Crippen LogP contribution in [0.3, 0.4) is 0 Å². The van der Waals surface area contributed by atoms with Crippen LogP contribution >= 0.6 is 15.9 Å². The number of nitrogens with zero attached hydrogens (tertiary/aromatic N) is 1. The van der Waals surface area contributed by atoms with Crippen LogP contribution in [0.25, 0.3) is 0 Å². The Labute approximate surface area is 127 Å². The van der Waals surface area contributed by atoms with Crippen molar-refractivity contribution >= 4 is 27.8 Å². The van der Waals surface area contributed by atoms with E-state index in [0.717, 1.165) is 10.0 Å². The Morgan fingerprint density at radius 1 is 1.30 bits per heavy atom. The Hall–Kier alpha value is -1.36. The van der Waals surface area contributed by atoms with E-state index in [0.29, 0.717) is 19.4 Å². The van der Waals surface area contributed by atoms with Crippen molar-refractivity contribution in [3.63, 3.8) is 0 Å². The van der Waals surface area contributed by atoms with Crippen molar-refractivity contribution in [2.75, 3.05) is 13.1 Å². The van der Waals surface area contributed by atoms with Crippen LogP contribution in [-0.2, 0) is 16.0 Å². The van der Waals surface area contributed by atoms with Gasteiger partial charge in [0.2, 0.25) is 5.91 Å². The number of hydrogen-bond acceptors (Lipinski definition) is 2. The first kappa shape index (κ1) is 16.7. The molecule has 1 unspecified atom stereocenters. The maximum absolute atomic E-state index is 12.4. The van der Waals surface area contributed by atoms with E-state index >= 15 is 0 Å². The fourth-order valence-corrected chi connectivity index (χ4v) is 2.55. The molecular weight excluding hydrogens is 322 g/mol. The number of likely N-dealkylation sites (N-methyl/N-ethyl adjacent to an activating group) is 1. The van der Waals surface area contributed by atoms with E-state index in [1.54, 1.807) is 6.92 Å². The zero-order valence-corrected chi connectivity index (χ0v) is 13.4. The predicted molar refractivity (Wildman–Crippen MR) is 81.5 cm³/mol. The predicted octanol–water partition coefficient (Wildman–Crippen LogP) is 2.95. The number of aliphatic carboxylic acids is 1. The molecule has 0 saturated carbocycles. The second-order valence-corrected chi connectivity index (χ2v) is 5.50. The third kappa shape index (κ3) is 4.63. The van der Waals surface area contributed by atoms with Gasteiger partial charge in [-0.3, -0.25) is 9.59 Å². The highest BCUT2D eigenvalue weighted by molar-refractivity contribution is 9.10. The lowest BCUT2D eigenvalue weighted by molar-refractivity contribution is -0.146. The summed E-state index contributed by atoms with van der Waals surface area (Å²) in [5.41, 5.74) is 1.07. The van der Waals surface area contributed by atoms with Crippen molar-refractivity contribution in [3.8, 4) is 0 Å². The van der Waals surface area contributed by atoms with Crippen molar-refractivity contribution in [3.05, 3.63) is 34.3 Å². The summed E-state index contributed by atoms with van der Waals surface area (Å²) in [6.07, 6.45) is 1.31. The maximum atomic E-state index is 12.4. The molecule has 0 aliphatic rings. The van der Waals surface area contributed by atoms with Crippen molar-refractivity contribution in [1.82, 2.24) is 4.90 Å². The molecule has 1 amide bonds. The number of benzene rings is 1. The largest absolute Gasteiger partial charge is 0.480 e. The van der Waals surface area contributed by atoms with E-state index in [1.807, 2.05) is 31.2 Å². The van der Waals surface area contributed by atoms with Gasteiger partial charge in [0.25, 0.3) is 0 Å². The molecule has 0 spiro atoms. The second kappa shape index (κ2) is 8.04. The lowest BCUT2D eigenvalue weighted by Gasteiger charge is -2.24. The highest BCUT2D eigenvalue weighted by atomic mass is 79.9. The van der Waals surface area contributed by atoms with Crippen LogP contribution in [-0.4, -0.2) is 35.0 Å². The summed E-state index contributed by atoms with van der Waals surface area (Å²) >= 11 is 3.48. The van der Waals surface area contributed by atoms with E-state index in [9.17, 15) is 9.59 Å². The summed E-state index contributed by atoms with van der Waals surface area (Å²) in [6.45, 7) is 3.93. The molecule has 0 aliphatic heterocycles. The van der Waals surface area contributed by atoms with Gasteiger partial charge in [0.15, 0.2) is 0 Å². The topological polar surface area (TPSA) is 57.6 Å². The number of carbonyl (C=O) groups excluding carboxylic acids is 1. The van der Waals surface area contributed by atoms with Crippen molar-refractivity contribution < 1.29 is 14.7 Å². The van der Waals surface area contributed by atoms with E-state index in [4.69, 9.17) is 5.11 Å². The van der Waals surface area contributed by atoms with Gasteiger partial charge < -0.3 is 10.0 Å². The lowest BCUT2D eigenvalue weighted by Crippen LogP contribution is -2.40. The zero-order valence-electron chi connectivity index (χ0n) is 11.8. The Balaban J connectivity index is 2.82. The summed E-state index contributed by atoms with van der Waals surface area (Å²) < 4.78 is 0.979. The van der Waals surface area contributed by atoms with Crippen LogP contribution in [0.2, 0.25) is 0 Å². The van der Waals surface area contributed by atoms with Gasteiger partial charge in [0, 0.05) is 16.9 Å². The summed E-state index contributed by atoms with van der Waals surface area (Å²) in [5.74, 6) is -1.25. The van der Waals surface area contributed by atoms with Crippen molar-refractivity contribution in [2.24, 2.45) is 5.92 Å². The molecule has 0 aliphatic carbocycles. The minimum atomic E-state index is -0.976. The van der Waals surface area contributed by atoms with E-state index in [-0.39, 0.29) is 18.4 Å². The first-order valence-electron chi connectivity index (χ1n) is 6.73. The van der Waals surface area contributed by atoms with Crippen LogP contribution in [0, 0.1) is 5.92 Å². The number of carbonyl (C=O) groups is 2. The number of hydrogen-bond donors (Lipinski definition) is 1. The molecule has 5 heteroatoms. The molecule has 110 valence electrons. The van der Waals surface area contributed by atoms with E-state index < -0.39 is 5.97 Å². The van der Waals surface area contributed by atoms with E-state index in [1.165, 1.54) is 4.90 Å². The van der Waals surface area contributed by atoms with Gasteiger partial charge in [-0.15, -0.1) is 0 Å². The standard InChI is InChI=1S/C15H20BrNO3/c1-3-11(9-12-7-5-6-8-13(12)16)15(20)17(4-2)10-14(18)19/h5-8,11H,3-4,9-10H2,1-2H3,(H,18,19). The van der Waals surface area contributed by atoms with Gasteiger partial charge in [0.1, 0.15) is 6.54 Å². The fraction of sp³-hybridized carbons (Fsp3) is 0.467. The van der Waals surface area contributed by atoms with Crippen molar-refractivity contribution in [2.45, 2.75) is 26.7 Å². The number of carboxylic acids is 1. The molecule has 1 aromatic carbocycles. The average Bonchev–Trinajstić information content (AvgIpc) is 2.43. The molecule has 0 fully saturated rings. The van der Waals surface area contributed by atoms with Crippen LogP contribution in [0.5, 0.6) is 0 Å². The van der Waals surface area contributed by atoms with Crippen molar-refractivity contribution in [1.29, 1.82) is 0 Å². The van der Waals surface area contributed by atoms with Crippen LogP contribution in [0.1, 0.15) is 25.8 Å². The first-order chi connectivity index (χ1) is 9.49. The van der Waals surface area contributed by atoms with Gasteiger partial charge in [0.05, 0.1) is 0 Å². The minimum absolute atomic E-state index is 0.0897. The molecule has 1 rings (SSSR count). The van der Waals surface area contributed by atoms with E-state index in [2.05, 4.69) is 15.9 Å².